The maximum Gasteiger partial charge on any atom is 0.279 e. The summed E-state index contributed by atoms with van der Waals surface area (Å²) in [5.41, 5.74) is 1.35. The van der Waals surface area contributed by atoms with E-state index in [0.29, 0.717) is 12.2 Å². The van der Waals surface area contributed by atoms with Crippen LogP contribution in [0.2, 0.25) is 0 Å². The molecule has 2 aromatic rings. The summed E-state index contributed by atoms with van der Waals surface area (Å²) in [6.07, 6.45) is 0. The SMILES string of the molecule is O=C(C[NH+]1CCN(c2ccc(F)cc2)CC1)Nc1cccc([N+](=O)[O-])c1. The average molecular weight is 359 g/mol. The molecule has 7 nitrogen and oxygen atoms in total. The predicted octanol–water partition coefficient (Wildman–Crippen LogP) is 1.08. The van der Waals surface area contributed by atoms with E-state index >= 15 is 0 Å². The van der Waals surface area contributed by atoms with Gasteiger partial charge in [-0.1, -0.05) is 6.07 Å². The molecule has 136 valence electrons. The number of anilines is 2. The highest BCUT2D eigenvalue weighted by atomic mass is 19.1. The zero-order valence-electron chi connectivity index (χ0n) is 14.2. The van der Waals surface area contributed by atoms with E-state index in [9.17, 15) is 19.3 Å². The number of non-ortho nitro benzene ring substituents is 1. The summed E-state index contributed by atoms with van der Waals surface area (Å²) < 4.78 is 13.0. The number of piperazine rings is 1. The number of rotatable bonds is 5. The van der Waals surface area contributed by atoms with Gasteiger partial charge in [0.05, 0.1) is 31.1 Å². The van der Waals surface area contributed by atoms with Crippen molar-refractivity contribution in [1.29, 1.82) is 0 Å². The molecule has 1 aliphatic rings. The zero-order chi connectivity index (χ0) is 18.5. The van der Waals surface area contributed by atoms with Crippen molar-refractivity contribution < 1.29 is 19.0 Å². The molecule has 1 saturated heterocycles. The number of nitrogens with one attached hydrogen (secondary N) is 2. The van der Waals surface area contributed by atoms with Crippen LogP contribution in [0.25, 0.3) is 0 Å². The quantitative estimate of drug-likeness (QED) is 0.618. The predicted molar refractivity (Wildman–Crippen MR) is 95.9 cm³/mol. The molecule has 0 radical (unpaired) electrons. The number of halogens is 1. The molecule has 3 rings (SSSR count). The summed E-state index contributed by atoms with van der Waals surface area (Å²) in [6.45, 7) is 3.45. The van der Waals surface area contributed by atoms with Gasteiger partial charge >= 0.3 is 0 Å². The van der Waals surface area contributed by atoms with Crippen LogP contribution in [0.5, 0.6) is 0 Å². The Morgan fingerprint density at radius 3 is 2.54 bits per heavy atom. The van der Waals surface area contributed by atoms with Crippen molar-refractivity contribution in [1.82, 2.24) is 0 Å². The number of benzene rings is 2. The summed E-state index contributed by atoms with van der Waals surface area (Å²) in [5, 5.41) is 13.5. The van der Waals surface area contributed by atoms with Crippen molar-refractivity contribution in [3.8, 4) is 0 Å². The first kappa shape index (κ1) is 17.8. The zero-order valence-corrected chi connectivity index (χ0v) is 14.2. The molecular formula is C18H20FN4O3+. The Bertz CT molecular complexity index is 789. The van der Waals surface area contributed by atoms with Crippen LogP contribution in [-0.4, -0.2) is 43.6 Å². The second kappa shape index (κ2) is 7.92. The van der Waals surface area contributed by atoms with Gasteiger partial charge in [0.25, 0.3) is 11.6 Å². The smallest absolute Gasteiger partial charge is 0.279 e. The van der Waals surface area contributed by atoms with Crippen molar-refractivity contribution in [2.45, 2.75) is 0 Å². The number of amides is 1. The molecule has 1 heterocycles. The molecule has 2 N–H and O–H groups in total. The van der Waals surface area contributed by atoms with Crippen molar-refractivity contribution in [2.75, 3.05) is 42.9 Å². The van der Waals surface area contributed by atoms with Gasteiger partial charge in [-0.2, -0.15) is 0 Å². The number of quaternary nitrogens is 1. The van der Waals surface area contributed by atoms with Gasteiger partial charge in [-0.15, -0.1) is 0 Å². The van der Waals surface area contributed by atoms with Gasteiger partial charge in [0.2, 0.25) is 0 Å². The molecule has 26 heavy (non-hydrogen) atoms. The lowest BCUT2D eigenvalue weighted by Gasteiger charge is -2.33. The second-order valence-corrected chi connectivity index (χ2v) is 6.25. The maximum atomic E-state index is 13.0. The van der Waals surface area contributed by atoms with Gasteiger partial charge in [-0.3, -0.25) is 14.9 Å². The number of carbonyl (C=O) groups is 1. The van der Waals surface area contributed by atoms with Crippen LogP contribution in [0.4, 0.5) is 21.5 Å². The fourth-order valence-corrected chi connectivity index (χ4v) is 3.04. The summed E-state index contributed by atoms with van der Waals surface area (Å²) in [7, 11) is 0. The van der Waals surface area contributed by atoms with E-state index in [4.69, 9.17) is 0 Å². The Balaban J connectivity index is 1.49. The highest BCUT2D eigenvalue weighted by molar-refractivity contribution is 5.91. The monoisotopic (exact) mass is 359 g/mol. The lowest BCUT2D eigenvalue weighted by Crippen LogP contribution is -3.15. The Morgan fingerprint density at radius 1 is 1.19 bits per heavy atom. The molecule has 0 aromatic heterocycles. The Morgan fingerprint density at radius 2 is 1.88 bits per heavy atom. The summed E-state index contributed by atoms with van der Waals surface area (Å²) in [5.74, 6) is -0.424. The Labute approximate surface area is 150 Å². The second-order valence-electron chi connectivity index (χ2n) is 6.25. The van der Waals surface area contributed by atoms with E-state index in [0.717, 1.165) is 36.8 Å². The van der Waals surface area contributed by atoms with Gasteiger partial charge < -0.3 is 15.1 Å². The third-order valence-corrected chi connectivity index (χ3v) is 4.41. The molecule has 1 fully saturated rings. The molecule has 0 saturated carbocycles. The van der Waals surface area contributed by atoms with E-state index in [1.165, 1.54) is 24.3 Å². The van der Waals surface area contributed by atoms with Crippen molar-refractivity contribution in [2.24, 2.45) is 0 Å². The highest BCUT2D eigenvalue weighted by Gasteiger charge is 2.22. The molecule has 2 aromatic carbocycles. The van der Waals surface area contributed by atoms with Crippen LogP contribution < -0.4 is 15.1 Å². The van der Waals surface area contributed by atoms with Crippen LogP contribution in [0.3, 0.4) is 0 Å². The summed E-state index contributed by atoms with van der Waals surface area (Å²) in [6, 6.07) is 12.3. The first-order chi connectivity index (χ1) is 12.5. The van der Waals surface area contributed by atoms with Crippen molar-refractivity contribution in [3.63, 3.8) is 0 Å². The number of nitrogens with zero attached hydrogens (tertiary/aromatic N) is 2. The molecular weight excluding hydrogens is 339 g/mol. The van der Waals surface area contributed by atoms with E-state index < -0.39 is 4.92 Å². The largest absolute Gasteiger partial charge is 0.360 e. The average Bonchev–Trinajstić information content (AvgIpc) is 2.63. The Kier molecular flexibility index (Phi) is 5.43. The number of carbonyl (C=O) groups excluding carboxylic acids is 1. The van der Waals surface area contributed by atoms with E-state index in [2.05, 4.69) is 10.2 Å². The van der Waals surface area contributed by atoms with E-state index in [-0.39, 0.29) is 17.4 Å². The normalized spacial score (nSPS) is 14.9. The fraction of sp³-hybridized carbons (Fsp3) is 0.278. The van der Waals surface area contributed by atoms with Crippen LogP contribution in [0.15, 0.2) is 48.5 Å². The highest BCUT2D eigenvalue weighted by Crippen LogP contribution is 2.17. The van der Waals surface area contributed by atoms with Gasteiger partial charge in [0, 0.05) is 23.5 Å². The van der Waals surface area contributed by atoms with Crippen molar-refractivity contribution >= 4 is 23.0 Å². The van der Waals surface area contributed by atoms with Crippen molar-refractivity contribution in [3.05, 3.63) is 64.5 Å². The molecule has 1 amide bonds. The van der Waals surface area contributed by atoms with Gasteiger partial charge in [0.15, 0.2) is 6.54 Å². The molecule has 0 spiro atoms. The standard InChI is InChI=1S/C18H19FN4O3/c19-14-4-6-16(7-5-14)22-10-8-21(9-11-22)13-18(24)20-15-2-1-3-17(12-15)23(25)26/h1-7,12H,8-11,13H2,(H,20,24)/p+1. The van der Waals surface area contributed by atoms with Gasteiger partial charge in [-0.05, 0) is 30.3 Å². The topological polar surface area (TPSA) is 79.9 Å². The summed E-state index contributed by atoms with van der Waals surface area (Å²) in [4.78, 5) is 25.8. The number of hydrogen-bond acceptors (Lipinski definition) is 4. The van der Waals surface area contributed by atoms with Gasteiger partial charge in [-0.25, -0.2) is 4.39 Å². The molecule has 0 bridgehead atoms. The minimum Gasteiger partial charge on any atom is -0.360 e. The van der Waals surface area contributed by atoms with Crippen LogP contribution in [-0.2, 0) is 4.79 Å². The minimum atomic E-state index is -0.490. The molecule has 0 unspecified atom stereocenters. The summed E-state index contributed by atoms with van der Waals surface area (Å²) >= 11 is 0. The number of nitro groups is 1. The minimum absolute atomic E-state index is 0.0527. The van der Waals surface area contributed by atoms with E-state index in [1.54, 1.807) is 24.3 Å². The molecule has 1 aliphatic heterocycles. The first-order valence-corrected chi connectivity index (χ1v) is 8.39. The Hall–Kier alpha value is -3.00. The molecule has 0 atom stereocenters. The van der Waals surface area contributed by atoms with Crippen LogP contribution in [0, 0.1) is 15.9 Å². The maximum absolute atomic E-state index is 13.0. The fourth-order valence-electron chi connectivity index (χ4n) is 3.04. The third-order valence-electron chi connectivity index (χ3n) is 4.41. The lowest BCUT2D eigenvalue weighted by atomic mass is 10.2. The lowest BCUT2D eigenvalue weighted by molar-refractivity contribution is -0.892. The molecule has 0 aliphatic carbocycles. The van der Waals surface area contributed by atoms with Crippen LogP contribution >= 0.6 is 0 Å². The van der Waals surface area contributed by atoms with Crippen LogP contribution in [0.1, 0.15) is 0 Å². The first-order valence-electron chi connectivity index (χ1n) is 8.39. The number of nitro benzene ring substituents is 1. The number of hydrogen-bond donors (Lipinski definition) is 2. The van der Waals surface area contributed by atoms with Gasteiger partial charge in [0.1, 0.15) is 5.82 Å². The third kappa shape index (κ3) is 4.54. The molecule has 8 heteroatoms. The van der Waals surface area contributed by atoms with E-state index in [1.807, 2.05) is 0 Å².